The Kier molecular flexibility index (Phi) is 2.78. The molecule has 0 amide bonds. The molecule has 0 spiro atoms. The van der Waals surface area contributed by atoms with E-state index in [4.69, 9.17) is 4.74 Å². The van der Waals surface area contributed by atoms with Crippen molar-refractivity contribution in [3.05, 3.63) is 30.2 Å². The van der Waals surface area contributed by atoms with Crippen LogP contribution in [-0.4, -0.2) is 29.0 Å². The van der Waals surface area contributed by atoms with E-state index < -0.39 is 0 Å². The average Bonchev–Trinajstić information content (AvgIpc) is 2.69. The van der Waals surface area contributed by atoms with Crippen LogP contribution in [0.3, 0.4) is 0 Å². The summed E-state index contributed by atoms with van der Waals surface area (Å²) in [6.07, 6.45) is 3.40. The topological polar surface area (TPSA) is 55.0 Å². The first-order valence-corrected chi connectivity index (χ1v) is 4.85. The summed E-state index contributed by atoms with van der Waals surface area (Å²) in [5.41, 5.74) is 1.45. The van der Waals surface area contributed by atoms with E-state index in [0.29, 0.717) is 12.3 Å². The summed E-state index contributed by atoms with van der Waals surface area (Å²) in [6.45, 7) is 2.53. The van der Waals surface area contributed by atoms with Crippen molar-refractivity contribution in [2.45, 2.75) is 6.92 Å². The molecule has 0 fully saturated rings. The van der Waals surface area contributed by atoms with E-state index in [1.165, 1.54) is 0 Å². The van der Waals surface area contributed by atoms with Crippen molar-refractivity contribution in [2.75, 3.05) is 13.2 Å². The molecule has 0 saturated heterocycles. The average molecular weight is 204 g/mol. The van der Waals surface area contributed by atoms with E-state index in [9.17, 15) is 4.79 Å². The highest BCUT2D eigenvalue weighted by molar-refractivity contribution is 5.99. The quantitative estimate of drug-likeness (QED) is 0.772. The molecule has 1 N–H and O–H groups in total. The first-order chi connectivity index (χ1) is 7.31. The van der Waals surface area contributed by atoms with Gasteiger partial charge in [0, 0.05) is 18.2 Å². The van der Waals surface area contributed by atoms with Gasteiger partial charge in [-0.15, -0.1) is 0 Å². The number of nitrogens with one attached hydrogen (secondary N) is 1. The zero-order valence-electron chi connectivity index (χ0n) is 8.49. The van der Waals surface area contributed by atoms with Crippen LogP contribution in [0.15, 0.2) is 24.5 Å². The number of hydrogen-bond donors (Lipinski definition) is 1. The molecule has 15 heavy (non-hydrogen) atoms. The van der Waals surface area contributed by atoms with Crippen LogP contribution in [0.1, 0.15) is 17.4 Å². The Bertz CT molecular complexity index is 443. The Morgan fingerprint density at radius 2 is 2.47 bits per heavy atom. The van der Waals surface area contributed by atoms with Crippen molar-refractivity contribution >= 4 is 16.7 Å². The summed E-state index contributed by atoms with van der Waals surface area (Å²) in [7, 11) is 0. The van der Waals surface area contributed by atoms with Crippen LogP contribution in [-0.2, 0) is 4.74 Å². The lowest BCUT2D eigenvalue weighted by molar-refractivity contribution is 0.0779. The van der Waals surface area contributed by atoms with Gasteiger partial charge in [0.1, 0.15) is 6.61 Å². The normalized spacial score (nSPS) is 10.7. The highest BCUT2D eigenvalue weighted by Crippen LogP contribution is 2.13. The molecule has 2 aromatic rings. The number of carbonyl (C=O) groups is 1. The summed E-state index contributed by atoms with van der Waals surface area (Å²) in [4.78, 5) is 18.6. The second kappa shape index (κ2) is 4.23. The number of ether oxygens (including phenoxy) is 1. The van der Waals surface area contributed by atoms with E-state index in [1.54, 1.807) is 12.4 Å². The predicted octanol–water partition coefficient (Wildman–Crippen LogP) is 1.78. The van der Waals surface area contributed by atoms with Crippen molar-refractivity contribution < 1.29 is 9.53 Å². The Morgan fingerprint density at radius 1 is 1.60 bits per heavy atom. The van der Waals surface area contributed by atoms with Crippen LogP contribution in [0.5, 0.6) is 0 Å². The molecule has 0 radical (unpaired) electrons. The van der Waals surface area contributed by atoms with Gasteiger partial charge in [0.15, 0.2) is 0 Å². The molecule has 0 bridgehead atoms. The zero-order chi connectivity index (χ0) is 10.7. The summed E-state index contributed by atoms with van der Waals surface area (Å²) >= 11 is 0. The van der Waals surface area contributed by atoms with Crippen LogP contribution in [0.4, 0.5) is 0 Å². The molecule has 4 nitrogen and oxygen atoms in total. The van der Waals surface area contributed by atoms with Gasteiger partial charge < -0.3 is 9.72 Å². The minimum Gasteiger partial charge on any atom is -0.374 e. The molecule has 0 atom stereocenters. The summed E-state index contributed by atoms with van der Waals surface area (Å²) in [5.74, 6) is -0.0342. The van der Waals surface area contributed by atoms with Gasteiger partial charge in [-0.25, -0.2) is 0 Å². The van der Waals surface area contributed by atoms with Gasteiger partial charge in [-0.3, -0.25) is 9.78 Å². The second-order valence-corrected chi connectivity index (χ2v) is 3.21. The molecule has 78 valence electrons. The number of H-pyrrole nitrogens is 1. The van der Waals surface area contributed by atoms with E-state index in [-0.39, 0.29) is 12.4 Å². The van der Waals surface area contributed by atoms with E-state index in [0.717, 1.165) is 10.9 Å². The fourth-order valence-corrected chi connectivity index (χ4v) is 1.39. The molecule has 2 rings (SSSR count). The Labute approximate surface area is 87.3 Å². The Balaban J connectivity index is 2.25. The molecule has 0 aliphatic heterocycles. The molecular formula is C11H12N2O2. The number of ketones is 1. The minimum absolute atomic E-state index is 0.0342. The number of carbonyl (C=O) groups excluding carboxylic acids is 1. The zero-order valence-corrected chi connectivity index (χ0v) is 8.49. The van der Waals surface area contributed by atoms with Crippen molar-refractivity contribution in [1.82, 2.24) is 9.97 Å². The van der Waals surface area contributed by atoms with Crippen LogP contribution in [0.2, 0.25) is 0 Å². The smallest absolute Gasteiger partial charge is 0.204 e. The van der Waals surface area contributed by atoms with E-state index in [1.807, 2.05) is 19.1 Å². The Hall–Kier alpha value is -1.68. The van der Waals surface area contributed by atoms with E-state index in [2.05, 4.69) is 9.97 Å². The molecule has 4 heteroatoms. The molecule has 0 unspecified atom stereocenters. The monoisotopic (exact) mass is 204 g/mol. The molecule has 0 saturated carbocycles. The lowest BCUT2D eigenvalue weighted by atomic mass is 10.2. The van der Waals surface area contributed by atoms with Crippen molar-refractivity contribution in [2.24, 2.45) is 0 Å². The molecule has 0 aliphatic rings. The lowest BCUT2D eigenvalue weighted by Crippen LogP contribution is -2.08. The Morgan fingerprint density at radius 3 is 3.20 bits per heavy atom. The standard InChI is InChI=1S/C11H12N2O2/c1-2-15-7-11(14)9-5-8-3-4-12-6-10(8)13-9/h3-6,13H,2,7H2,1H3. The van der Waals surface area contributed by atoms with Crippen molar-refractivity contribution in [3.63, 3.8) is 0 Å². The van der Waals surface area contributed by atoms with Crippen molar-refractivity contribution in [1.29, 1.82) is 0 Å². The third-order valence-corrected chi connectivity index (χ3v) is 2.16. The van der Waals surface area contributed by atoms with Crippen LogP contribution in [0, 0.1) is 0 Å². The molecular weight excluding hydrogens is 192 g/mol. The number of nitrogens with zero attached hydrogens (tertiary/aromatic N) is 1. The maximum atomic E-state index is 11.6. The SMILES string of the molecule is CCOCC(=O)c1cc2ccncc2[nH]1. The first kappa shape index (κ1) is 9.86. The summed E-state index contributed by atoms with van der Waals surface area (Å²) in [6, 6.07) is 3.68. The van der Waals surface area contributed by atoms with Gasteiger partial charge in [0.2, 0.25) is 5.78 Å². The highest BCUT2D eigenvalue weighted by atomic mass is 16.5. The fraction of sp³-hybridized carbons (Fsp3) is 0.273. The first-order valence-electron chi connectivity index (χ1n) is 4.85. The van der Waals surface area contributed by atoms with Crippen LogP contribution < -0.4 is 0 Å². The molecule has 0 aromatic carbocycles. The number of aromatic nitrogens is 2. The van der Waals surface area contributed by atoms with Gasteiger partial charge in [0.25, 0.3) is 0 Å². The van der Waals surface area contributed by atoms with Gasteiger partial charge in [-0.1, -0.05) is 0 Å². The third-order valence-electron chi connectivity index (χ3n) is 2.16. The lowest BCUT2D eigenvalue weighted by Gasteiger charge is -1.97. The number of Topliss-reactive ketones (excluding diaryl/α,β-unsaturated/α-hetero) is 1. The molecule has 2 heterocycles. The van der Waals surface area contributed by atoms with Gasteiger partial charge >= 0.3 is 0 Å². The minimum atomic E-state index is -0.0342. The second-order valence-electron chi connectivity index (χ2n) is 3.21. The summed E-state index contributed by atoms with van der Waals surface area (Å²) in [5, 5.41) is 0.991. The largest absolute Gasteiger partial charge is 0.374 e. The third kappa shape index (κ3) is 2.05. The predicted molar refractivity (Wildman–Crippen MR) is 56.9 cm³/mol. The summed E-state index contributed by atoms with van der Waals surface area (Å²) < 4.78 is 5.06. The van der Waals surface area contributed by atoms with Gasteiger partial charge in [-0.2, -0.15) is 0 Å². The number of fused-ring (bicyclic) bond motifs is 1. The highest BCUT2D eigenvalue weighted by Gasteiger charge is 2.08. The molecule has 2 aromatic heterocycles. The number of hydrogen-bond acceptors (Lipinski definition) is 3. The molecule has 0 aliphatic carbocycles. The number of rotatable bonds is 4. The fourth-order valence-electron chi connectivity index (χ4n) is 1.39. The van der Waals surface area contributed by atoms with Gasteiger partial charge in [-0.05, 0) is 19.1 Å². The van der Waals surface area contributed by atoms with Crippen molar-refractivity contribution in [3.8, 4) is 0 Å². The maximum absolute atomic E-state index is 11.6. The van der Waals surface area contributed by atoms with Crippen LogP contribution >= 0.6 is 0 Å². The van der Waals surface area contributed by atoms with E-state index >= 15 is 0 Å². The number of pyridine rings is 1. The van der Waals surface area contributed by atoms with Crippen LogP contribution in [0.25, 0.3) is 10.9 Å². The maximum Gasteiger partial charge on any atom is 0.204 e. The number of aromatic amines is 1. The van der Waals surface area contributed by atoms with Gasteiger partial charge in [0.05, 0.1) is 17.4 Å².